The van der Waals surface area contributed by atoms with Crippen LogP contribution >= 0.6 is 0 Å². The Labute approximate surface area is 179 Å². The predicted molar refractivity (Wildman–Crippen MR) is 117 cm³/mol. The first-order chi connectivity index (χ1) is 14.2. The Morgan fingerprint density at radius 3 is 2.37 bits per heavy atom. The lowest BCUT2D eigenvalue weighted by atomic mass is 10.0. The summed E-state index contributed by atoms with van der Waals surface area (Å²) in [4.78, 5) is 13.1. The molecule has 0 aromatic heterocycles. The molecule has 6 nitrogen and oxygen atoms in total. The molecule has 30 heavy (non-hydrogen) atoms. The van der Waals surface area contributed by atoms with Crippen molar-refractivity contribution in [1.29, 1.82) is 0 Å². The van der Waals surface area contributed by atoms with Crippen molar-refractivity contribution in [3.05, 3.63) is 59.2 Å². The van der Waals surface area contributed by atoms with Gasteiger partial charge in [0, 0.05) is 18.7 Å². The Morgan fingerprint density at radius 2 is 1.77 bits per heavy atom. The molecular formula is C23H30N2O4S. The van der Waals surface area contributed by atoms with E-state index in [-0.39, 0.29) is 16.8 Å². The molecule has 0 radical (unpaired) electrons. The summed E-state index contributed by atoms with van der Waals surface area (Å²) < 4.78 is 32.8. The Balaban J connectivity index is 1.79. The van der Waals surface area contributed by atoms with Crippen molar-refractivity contribution in [3.8, 4) is 5.75 Å². The van der Waals surface area contributed by atoms with Gasteiger partial charge in [-0.1, -0.05) is 25.1 Å². The number of benzene rings is 2. The van der Waals surface area contributed by atoms with Crippen LogP contribution in [0.2, 0.25) is 0 Å². The summed E-state index contributed by atoms with van der Waals surface area (Å²) in [5.41, 5.74) is 2.05. The second kappa shape index (κ2) is 9.18. The lowest BCUT2D eigenvalue weighted by molar-refractivity contribution is 0.0939. The quantitative estimate of drug-likeness (QED) is 0.754. The zero-order valence-corrected chi connectivity index (χ0v) is 18.8. The number of nitrogens with zero attached hydrogens (tertiary/aromatic N) is 1. The second-order valence-electron chi connectivity index (χ2n) is 8.03. The third-order valence-electron chi connectivity index (χ3n) is 5.80. The summed E-state index contributed by atoms with van der Waals surface area (Å²) in [5.74, 6) is 0.994. The summed E-state index contributed by atoms with van der Waals surface area (Å²) in [7, 11) is -2.00. The van der Waals surface area contributed by atoms with E-state index in [2.05, 4.69) is 12.2 Å². The largest absolute Gasteiger partial charge is 0.497 e. The SMILES string of the molecule is COc1ccc([C@@H](C)NC(=O)c2cc(S(=O)(=O)N3CCC(C)CC3)ccc2C)cc1. The zero-order valence-electron chi connectivity index (χ0n) is 18.0. The molecule has 0 unspecified atom stereocenters. The number of piperidine rings is 1. The minimum absolute atomic E-state index is 0.171. The van der Waals surface area contributed by atoms with Gasteiger partial charge in [-0.05, 0) is 68.0 Å². The minimum atomic E-state index is -3.61. The van der Waals surface area contributed by atoms with Gasteiger partial charge in [0.25, 0.3) is 5.91 Å². The summed E-state index contributed by atoms with van der Waals surface area (Å²) in [5, 5.41) is 2.97. The Morgan fingerprint density at radius 1 is 1.13 bits per heavy atom. The normalized spacial score (nSPS) is 16.8. The molecule has 7 heteroatoms. The van der Waals surface area contributed by atoms with Crippen LogP contribution in [0.5, 0.6) is 5.75 Å². The average molecular weight is 431 g/mol. The van der Waals surface area contributed by atoms with E-state index in [9.17, 15) is 13.2 Å². The molecule has 2 aromatic rings. The molecule has 1 atom stereocenters. The molecular weight excluding hydrogens is 400 g/mol. The van der Waals surface area contributed by atoms with Gasteiger partial charge in [0.2, 0.25) is 10.0 Å². The van der Waals surface area contributed by atoms with Crippen molar-refractivity contribution < 1.29 is 17.9 Å². The highest BCUT2D eigenvalue weighted by Crippen LogP contribution is 2.25. The number of hydrogen-bond acceptors (Lipinski definition) is 4. The number of methoxy groups -OCH3 is 1. The Hall–Kier alpha value is -2.38. The topological polar surface area (TPSA) is 75.7 Å². The van der Waals surface area contributed by atoms with Crippen LogP contribution in [0.4, 0.5) is 0 Å². The Bertz CT molecular complexity index is 994. The van der Waals surface area contributed by atoms with Gasteiger partial charge in [-0.3, -0.25) is 4.79 Å². The standard InChI is InChI=1S/C23H30N2O4S/c1-16-11-13-25(14-12-16)30(27,28)21-10-5-17(2)22(15-21)23(26)24-18(3)19-6-8-20(29-4)9-7-19/h5-10,15-16,18H,11-14H2,1-4H3,(H,24,26)/t18-/m1/s1. The van der Waals surface area contributed by atoms with Crippen LogP contribution < -0.4 is 10.1 Å². The molecule has 1 N–H and O–H groups in total. The van der Waals surface area contributed by atoms with Crippen molar-refractivity contribution in [3.63, 3.8) is 0 Å². The summed E-state index contributed by atoms with van der Waals surface area (Å²) >= 11 is 0. The maximum absolute atomic E-state index is 13.1. The van der Waals surface area contributed by atoms with E-state index < -0.39 is 10.0 Å². The van der Waals surface area contributed by atoms with E-state index >= 15 is 0 Å². The van der Waals surface area contributed by atoms with Crippen LogP contribution in [0, 0.1) is 12.8 Å². The Kier molecular flexibility index (Phi) is 6.83. The van der Waals surface area contributed by atoms with Gasteiger partial charge in [0.1, 0.15) is 5.75 Å². The number of hydrogen-bond donors (Lipinski definition) is 1. The fourth-order valence-electron chi connectivity index (χ4n) is 3.63. The van der Waals surface area contributed by atoms with E-state index in [0.29, 0.717) is 24.6 Å². The van der Waals surface area contributed by atoms with E-state index in [1.807, 2.05) is 38.1 Å². The fraction of sp³-hybridized carbons (Fsp3) is 0.435. The highest BCUT2D eigenvalue weighted by Gasteiger charge is 2.29. The van der Waals surface area contributed by atoms with Crippen molar-refractivity contribution in [2.75, 3.05) is 20.2 Å². The number of aryl methyl sites for hydroxylation is 1. The minimum Gasteiger partial charge on any atom is -0.497 e. The third-order valence-corrected chi connectivity index (χ3v) is 7.69. The summed E-state index contributed by atoms with van der Waals surface area (Å²) in [6.45, 7) is 6.89. The van der Waals surface area contributed by atoms with E-state index in [0.717, 1.165) is 29.7 Å². The first kappa shape index (κ1) is 22.3. The summed E-state index contributed by atoms with van der Waals surface area (Å²) in [6.07, 6.45) is 1.72. The van der Waals surface area contributed by atoms with E-state index in [1.165, 1.54) is 10.4 Å². The van der Waals surface area contributed by atoms with Crippen LogP contribution in [0.1, 0.15) is 54.2 Å². The molecule has 1 heterocycles. The second-order valence-corrected chi connectivity index (χ2v) is 9.97. The van der Waals surface area contributed by atoms with Gasteiger partial charge < -0.3 is 10.1 Å². The number of nitrogens with one attached hydrogen (secondary N) is 1. The third kappa shape index (κ3) is 4.84. The molecule has 0 saturated carbocycles. The lowest BCUT2D eigenvalue weighted by Gasteiger charge is -2.29. The molecule has 162 valence electrons. The number of carbonyl (C=O) groups is 1. The van der Waals surface area contributed by atoms with Crippen LogP contribution in [0.25, 0.3) is 0 Å². The molecule has 1 fully saturated rings. The van der Waals surface area contributed by atoms with Gasteiger partial charge in [0.05, 0.1) is 18.0 Å². The molecule has 0 aliphatic carbocycles. The number of sulfonamides is 1. The maximum Gasteiger partial charge on any atom is 0.252 e. The van der Waals surface area contributed by atoms with Crippen molar-refractivity contribution in [2.24, 2.45) is 5.92 Å². The van der Waals surface area contributed by atoms with Crippen molar-refractivity contribution >= 4 is 15.9 Å². The molecule has 1 aliphatic rings. The van der Waals surface area contributed by atoms with Crippen LogP contribution in [-0.2, 0) is 10.0 Å². The maximum atomic E-state index is 13.1. The zero-order chi connectivity index (χ0) is 21.9. The molecule has 3 rings (SSSR count). The number of amides is 1. The first-order valence-electron chi connectivity index (χ1n) is 10.3. The molecule has 1 amide bonds. The van der Waals surface area contributed by atoms with Crippen molar-refractivity contribution in [2.45, 2.75) is 44.6 Å². The fourth-order valence-corrected chi connectivity index (χ4v) is 5.13. The molecule has 1 aliphatic heterocycles. The smallest absolute Gasteiger partial charge is 0.252 e. The highest BCUT2D eigenvalue weighted by molar-refractivity contribution is 7.89. The average Bonchev–Trinajstić information content (AvgIpc) is 2.74. The van der Waals surface area contributed by atoms with Gasteiger partial charge in [-0.25, -0.2) is 8.42 Å². The molecule has 0 spiro atoms. The van der Waals surface area contributed by atoms with Crippen LogP contribution in [-0.4, -0.2) is 38.8 Å². The van der Waals surface area contributed by atoms with E-state index in [1.54, 1.807) is 19.2 Å². The number of ether oxygens (including phenoxy) is 1. The summed E-state index contributed by atoms with van der Waals surface area (Å²) in [6, 6.07) is 12.0. The first-order valence-corrected chi connectivity index (χ1v) is 11.7. The highest BCUT2D eigenvalue weighted by atomic mass is 32.2. The van der Waals surface area contributed by atoms with Gasteiger partial charge in [-0.2, -0.15) is 4.31 Å². The molecule has 0 bridgehead atoms. The number of rotatable bonds is 6. The predicted octanol–water partition coefficient (Wildman–Crippen LogP) is 3.92. The lowest BCUT2D eigenvalue weighted by Crippen LogP contribution is -2.38. The molecule has 2 aromatic carbocycles. The van der Waals surface area contributed by atoms with Crippen LogP contribution in [0.15, 0.2) is 47.4 Å². The monoisotopic (exact) mass is 430 g/mol. The van der Waals surface area contributed by atoms with Crippen molar-refractivity contribution in [1.82, 2.24) is 9.62 Å². The van der Waals surface area contributed by atoms with Gasteiger partial charge in [0.15, 0.2) is 0 Å². The van der Waals surface area contributed by atoms with E-state index in [4.69, 9.17) is 4.74 Å². The van der Waals surface area contributed by atoms with Gasteiger partial charge >= 0.3 is 0 Å². The number of carbonyl (C=O) groups excluding carboxylic acids is 1. The van der Waals surface area contributed by atoms with Crippen LogP contribution in [0.3, 0.4) is 0 Å². The van der Waals surface area contributed by atoms with Gasteiger partial charge in [-0.15, -0.1) is 0 Å². The molecule has 1 saturated heterocycles.